The van der Waals surface area contributed by atoms with Gasteiger partial charge in [0.05, 0.1) is 0 Å². The van der Waals surface area contributed by atoms with Gasteiger partial charge in [-0.05, 0) is 49.4 Å². The van der Waals surface area contributed by atoms with Crippen molar-refractivity contribution in [2.75, 3.05) is 24.5 Å². The van der Waals surface area contributed by atoms with E-state index in [4.69, 9.17) is 0 Å². The number of hydrogen-bond acceptors (Lipinski definition) is 2. The van der Waals surface area contributed by atoms with Crippen LogP contribution in [-0.2, 0) is 0 Å². The molecule has 1 aliphatic rings. The molecule has 0 amide bonds. The summed E-state index contributed by atoms with van der Waals surface area (Å²) in [6.45, 7) is 12.6. The zero-order chi connectivity index (χ0) is 14.6. The van der Waals surface area contributed by atoms with Crippen LogP contribution in [0, 0.1) is 5.41 Å². The summed E-state index contributed by atoms with van der Waals surface area (Å²) in [7, 11) is 0. The van der Waals surface area contributed by atoms with Crippen molar-refractivity contribution < 1.29 is 0 Å². The first kappa shape index (κ1) is 15.4. The Bertz CT molecular complexity index is 402. The quantitative estimate of drug-likeness (QED) is 0.857. The second-order valence-electron chi connectivity index (χ2n) is 6.52. The molecule has 0 radical (unpaired) electrons. The highest BCUT2D eigenvalue weighted by molar-refractivity contribution is 5.48. The Kier molecular flexibility index (Phi) is 5.09. The molecule has 0 bridgehead atoms. The van der Waals surface area contributed by atoms with Gasteiger partial charge in [-0.1, -0.05) is 39.3 Å². The number of hydrogen-bond donors (Lipinski definition) is 1. The van der Waals surface area contributed by atoms with Crippen LogP contribution >= 0.6 is 0 Å². The molecule has 1 aromatic rings. The normalized spacial score (nSPS) is 19.9. The smallest absolute Gasteiger partial charge is 0.0366 e. The average Bonchev–Trinajstić information content (AvgIpc) is 2.48. The first-order valence-electron chi connectivity index (χ1n) is 8.16. The van der Waals surface area contributed by atoms with E-state index >= 15 is 0 Å². The maximum atomic E-state index is 3.47. The predicted octanol–water partition coefficient (Wildman–Crippen LogP) is 4.37. The lowest BCUT2D eigenvalue weighted by Crippen LogP contribution is -2.38. The van der Waals surface area contributed by atoms with E-state index < -0.39 is 0 Å². The van der Waals surface area contributed by atoms with Crippen LogP contribution < -0.4 is 10.2 Å². The zero-order valence-corrected chi connectivity index (χ0v) is 13.6. The molecule has 0 spiro atoms. The molecule has 0 aliphatic carbocycles. The van der Waals surface area contributed by atoms with Gasteiger partial charge < -0.3 is 10.2 Å². The lowest BCUT2D eigenvalue weighted by Gasteiger charge is -2.40. The first-order chi connectivity index (χ1) is 9.58. The van der Waals surface area contributed by atoms with E-state index in [0.717, 1.165) is 6.54 Å². The Morgan fingerprint density at radius 1 is 1.15 bits per heavy atom. The van der Waals surface area contributed by atoms with Crippen LogP contribution in [0.5, 0.6) is 0 Å². The largest absolute Gasteiger partial charge is 0.371 e. The molecule has 2 heteroatoms. The van der Waals surface area contributed by atoms with Gasteiger partial charge in [-0.15, -0.1) is 0 Å². The third kappa shape index (κ3) is 3.54. The van der Waals surface area contributed by atoms with Crippen molar-refractivity contribution in [1.82, 2.24) is 5.32 Å². The Morgan fingerprint density at radius 3 is 2.25 bits per heavy atom. The average molecular weight is 274 g/mol. The highest BCUT2D eigenvalue weighted by Crippen LogP contribution is 2.35. The van der Waals surface area contributed by atoms with Gasteiger partial charge in [-0.3, -0.25) is 0 Å². The summed E-state index contributed by atoms with van der Waals surface area (Å²) in [5.41, 5.74) is 3.33. The molecule has 0 saturated carbocycles. The fraction of sp³-hybridized carbons (Fsp3) is 0.667. The molecule has 1 fully saturated rings. The monoisotopic (exact) mass is 274 g/mol. The van der Waals surface area contributed by atoms with Gasteiger partial charge in [0.2, 0.25) is 0 Å². The van der Waals surface area contributed by atoms with E-state index in [1.54, 1.807) is 0 Å². The van der Waals surface area contributed by atoms with Crippen LogP contribution in [-0.4, -0.2) is 19.6 Å². The first-order valence-corrected chi connectivity index (χ1v) is 8.16. The molecule has 1 heterocycles. The summed E-state index contributed by atoms with van der Waals surface area (Å²) in [6.07, 6.45) is 3.94. The van der Waals surface area contributed by atoms with Gasteiger partial charge in [0, 0.05) is 24.8 Å². The fourth-order valence-electron chi connectivity index (χ4n) is 3.06. The van der Waals surface area contributed by atoms with E-state index in [1.807, 2.05) is 0 Å². The lowest BCUT2D eigenvalue weighted by molar-refractivity contribution is 0.238. The van der Waals surface area contributed by atoms with Crippen molar-refractivity contribution in [3.63, 3.8) is 0 Å². The Morgan fingerprint density at radius 2 is 1.75 bits per heavy atom. The van der Waals surface area contributed by atoms with E-state index in [1.165, 1.54) is 43.6 Å². The van der Waals surface area contributed by atoms with E-state index in [-0.39, 0.29) is 0 Å². The zero-order valence-electron chi connectivity index (χ0n) is 13.6. The Hall–Kier alpha value is -1.02. The standard InChI is InChI=1S/C18H30N2/c1-5-18(4)11-13-20(14-12-18)17-9-7-16(8-10-17)15(3)19-6-2/h7-10,15,19H,5-6,11-14H2,1-4H3. The highest BCUT2D eigenvalue weighted by atomic mass is 15.1. The molecule has 20 heavy (non-hydrogen) atoms. The van der Waals surface area contributed by atoms with Crippen LogP contribution in [0.4, 0.5) is 5.69 Å². The number of piperidine rings is 1. The maximum absolute atomic E-state index is 3.47. The third-order valence-corrected chi connectivity index (χ3v) is 5.09. The van der Waals surface area contributed by atoms with E-state index in [0.29, 0.717) is 11.5 Å². The van der Waals surface area contributed by atoms with Gasteiger partial charge in [0.25, 0.3) is 0 Å². The number of nitrogens with one attached hydrogen (secondary N) is 1. The highest BCUT2D eigenvalue weighted by Gasteiger charge is 2.28. The Labute approximate surface area is 124 Å². The molecule has 2 rings (SSSR count). The van der Waals surface area contributed by atoms with Gasteiger partial charge in [0.1, 0.15) is 0 Å². The minimum absolute atomic E-state index is 0.443. The van der Waals surface area contributed by atoms with Crippen molar-refractivity contribution in [1.29, 1.82) is 0 Å². The van der Waals surface area contributed by atoms with Crippen LogP contribution in [0.1, 0.15) is 58.6 Å². The number of benzene rings is 1. The second-order valence-corrected chi connectivity index (χ2v) is 6.52. The number of nitrogens with zero attached hydrogens (tertiary/aromatic N) is 1. The van der Waals surface area contributed by atoms with Crippen LogP contribution in [0.2, 0.25) is 0 Å². The predicted molar refractivity (Wildman–Crippen MR) is 88.4 cm³/mol. The van der Waals surface area contributed by atoms with Gasteiger partial charge in [-0.25, -0.2) is 0 Å². The van der Waals surface area contributed by atoms with Crippen molar-refractivity contribution in [3.05, 3.63) is 29.8 Å². The van der Waals surface area contributed by atoms with Crippen molar-refractivity contribution in [3.8, 4) is 0 Å². The molecule has 1 aromatic carbocycles. The minimum atomic E-state index is 0.443. The van der Waals surface area contributed by atoms with Crippen molar-refractivity contribution in [2.24, 2.45) is 5.41 Å². The van der Waals surface area contributed by atoms with Crippen molar-refractivity contribution >= 4 is 5.69 Å². The summed E-state index contributed by atoms with van der Waals surface area (Å²) in [4.78, 5) is 2.54. The summed E-state index contributed by atoms with van der Waals surface area (Å²) in [5, 5.41) is 3.47. The summed E-state index contributed by atoms with van der Waals surface area (Å²) in [6, 6.07) is 9.57. The molecule has 1 N–H and O–H groups in total. The number of anilines is 1. The van der Waals surface area contributed by atoms with E-state index in [9.17, 15) is 0 Å². The van der Waals surface area contributed by atoms with E-state index in [2.05, 4.69) is 62.2 Å². The summed E-state index contributed by atoms with van der Waals surface area (Å²) in [5.74, 6) is 0. The maximum Gasteiger partial charge on any atom is 0.0366 e. The third-order valence-electron chi connectivity index (χ3n) is 5.09. The molecule has 1 aliphatic heterocycles. The van der Waals surface area contributed by atoms with Crippen molar-refractivity contribution in [2.45, 2.75) is 53.0 Å². The van der Waals surface area contributed by atoms with Crippen LogP contribution in [0.25, 0.3) is 0 Å². The molecule has 112 valence electrons. The van der Waals surface area contributed by atoms with Gasteiger partial charge >= 0.3 is 0 Å². The molecule has 1 atom stereocenters. The SMILES string of the molecule is CCNC(C)c1ccc(N2CCC(C)(CC)CC2)cc1. The minimum Gasteiger partial charge on any atom is -0.371 e. The molecule has 0 aromatic heterocycles. The van der Waals surface area contributed by atoms with Crippen LogP contribution in [0.15, 0.2) is 24.3 Å². The number of rotatable bonds is 5. The molecular weight excluding hydrogens is 244 g/mol. The molecule has 1 unspecified atom stereocenters. The topological polar surface area (TPSA) is 15.3 Å². The second kappa shape index (κ2) is 6.62. The molecule has 1 saturated heterocycles. The van der Waals surface area contributed by atoms with Crippen LogP contribution in [0.3, 0.4) is 0 Å². The van der Waals surface area contributed by atoms with Gasteiger partial charge in [-0.2, -0.15) is 0 Å². The molecular formula is C18H30N2. The summed E-state index contributed by atoms with van der Waals surface area (Å²) >= 11 is 0. The van der Waals surface area contributed by atoms with Gasteiger partial charge in [0.15, 0.2) is 0 Å². The fourth-order valence-corrected chi connectivity index (χ4v) is 3.06. The summed E-state index contributed by atoms with van der Waals surface area (Å²) < 4.78 is 0. The lowest BCUT2D eigenvalue weighted by atomic mass is 9.78. The molecule has 2 nitrogen and oxygen atoms in total. The Balaban J connectivity index is 1.97.